The summed E-state index contributed by atoms with van der Waals surface area (Å²) in [4.78, 5) is 19.2. The number of anilines is 1. The Balaban J connectivity index is 1.67. The molecule has 1 fully saturated rings. The van der Waals surface area contributed by atoms with Gasteiger partial charge in [0.05, 0.1) is 5.56 Å². The third-order valence-electron chi connectivity index (χ3n) is 4.37. The monoisotopic (exact) mass is 309 g/mol. The predicted octanol–water partition coefficient (Wildman–Crippen LogP) is 3.22. The number of nitrogens with one attached hydrogen (secondary N) is 1. The van der Waals surface area contributed by atoms with Crippen LogP contribution in [0.15, 0.2) is 48.7 Å². The molecule has 0 saturated carbocycles. The molecule has 0 unspecified atom stereocenters. The van der Waals surface area contributed by atoms with E-state index in [0.717, 1.165) is 18.9 Å². The Morgan fingerprint density at radius 3 is 2.65 bits per heavy atom. The van der Waals surface area contributed by atoms with Crippen LogP contribution in [0.4, 0.5) is 5.82 Å². The fourth-order valence-electron chi connectivity index (χ4n) is 3.00. The number of hydrogen-bond donors (Lipinski definition) is 1. The second kappa shape index (κ2) is 7.27. The van der Waals surface area contributed by atoms with Gasteiger partial charge in [0.15, 0.2) is 0 Å². The van der Waals surface area contributed by atoms with Crippen LogP contribution in [0.5, 0.6) is 0 Å². The van der Waals surface area contributed by atoms with E-state index in [2.05, 4.69) is 34.3 Å². The molecule has 2 aromatic rings. The zero-order chi connectivity index (χ0) is 16.1. The van der Waals surface area contributed by atoms with Crippen LogP contribution in [0.1, 0.15) is 41.6 Å². The highest BCUT2D eigenvalue weighted by Crippen LogP contribution is 2.22. The topological polar surface area (TPSA) is 45.2 Å². The van der Waals surface area contributed by atoms with E-state index in [-0.39, 0.29) is 11.8 Å². The number of nitrogens with zero attached hydrogens (tertiary/aromatic N) is 2. The Labute approximate surface area is 137 Å². The van der Waals surface area contributed by atoms with Gasteiger partial charge in [-0.25, -0.2) is 4.98 Å². The minimum absolute atomic E-state index is 0.0391. The van der Waals surface area contributed by atoms with Crippen molar-refractivity contribution in [3.8, 4) is 0 Å². The van der Waals surface area contributed by atoms with Gasteiger partial charge in [0.1, 0.15) is 5.82 Å². The lowest BCUT2D eigenvalue weighted by Gasteiger charge is -2.20. The number of carbonyl (C=O) groups is 1. The van der Waals surface area contributed by atoms with Gasteiger partial charge < -0.3 is 10.2 Å². The van der Waals surface area contributed by atoms with Crippen molar-refractivity contribution < 1.29 is 4.79 Å². The van der Waals surface area contributed by atoms with Crippen molar-refractivity contribution in [3.63, 3.8) is 0 Å². The standard InChI is InChI=1S/C19H23N3O/c1-15(16-8-3-2-4-9-16)14-21-19(23)17-10-7-11-20-18(17)22-12-5-6-13-22/h2-4,7-11,15H,5-6,12-14H2,1H3,(H,21,23)/t15-/m1/s1. The number of aromatic nitrogens is 1. The lowest BCUT2D eigenvalue weighted by molar-refractivity contribution is 0.0952. The highest BCUT2D eigenvalue weighted by atomic mass is 16.1. The molecular formula is C19H23N3O. The van der Waals surface area contributed by atoms with Crippen molar-refractivity contribution in [1.29, 1.82) is 0 Å². The molecule has 4 nitrogen and oxygen atoms in total. The summed E-state index contributed by atoms with van der Waals surface area (Å²) in [5.74, 6) is 1.06. The van der Waals surface area contributed by atoms with Crippen molar-refractivity contribution >= 4 is 11.7 Å². The van der Waals surface area contributed by atoms with Gasteiger partial charge in [-0.2, -0.15) is 0 Å². The van der Waals surface area contributed by atoms with Crippen LogP contribution in [0.2, 0.25) is 0 Å². The minimum atomic E-state index is -0.0391. The number of pyridine rings is 1. The van der Waals surface area contributed by atoms with E-state index in [9.17, 15) is 4.79 Å². The molecular weight excluding hydrogens is 286 g/mol. The summed E-state index contributed by atoms with van der Waals surface area (Å²) in [6, 6.07) is 13.9. The molecule has 1 aromatic carbocycles. The molecule has 0 aliphatic carbocycles. The zero-order valence-electron chi connectivity index (χ0n) is 13.5. The zero-order valence-corrected chi connectivity index (χ0v) is 13.5. The van der Waals surface area contributed by atoms with Crippen LogP contribution in [-0.4, -0.2) is 30.5 Å². The first-order valence-corrected chi connectivity index (χ1v) is 8.29. The number of amides is 1. The van der Waals surface area contributed by atoms with E-state index in [1.807, 2.05) is 30.3 Å². The lowest BCUT2D eigenvalue weighted by Crippen LogP contribution is -2.30. The molecule has 2 heterocycles. The van der Waals surface area contributed by atoms with Gasteiger partial charge >= 0.3 is 0 Å². The van der Waals surface area contributed by atoms with Gasteiger partial charge in [0.2, 0.25) is 0 Å². The van der Waals surface area contributed by atoms with Crippen molar-refractivity contribution in [3.05, 3.63) is 59.8 Å². The molecule has 1 atom stereocenters. The molecule has 1 amide bonds. The molecule has 1 aliphatic heterocycles. The smallest absolute Gasteiger partial charge is 0.255 e. The molecule has 0 spiro atoms. The maximum Gasteiger partial charge on any atom is 0.255 e. The molecule has 0 bridgehead atoms. The SMILES string of the molecule is C[C@H](CNC(=O)c1cccnc1N1CCCC1)c1ccccc1. The summed E-state index contributed by atoms with van der Waals surface area (Å²) < 4.78 is 0. The molecule has 1 aliphatic rings. The molecule has 1 aromatic heterocycles. The van der Waals surface area contributed by atoms with Crippen molar-refractivity contribution in [2.75, 3.05) is 24.5 Å². The highest BCUT2D eigenvalue weighted by Gasteiger charge is 2.20. The Morgan fingerprint density at radius 1 is 1.17 bits per heavy atom. The van der Waals surface area contributed by atoms with Crippen LogP contribution < -0.4 is 10.2 Å². The van der Waals surface area contributed by atoms with Gasteiger partial charge in [-0.15, -0.1) is 0 Å². The normalized spacial score (nSPS) is 15.4. The maximum absolute atomic E-state index is 12.6. The molecule has 4 heteroatoms. The average molecular weight is 309 g/mol. The molecule has 120 valence electrons. The van der Waals surface area contributed by atoms with Crippen LogP contribution in [0, 0.1) is 0 Å². The van der Waals surface area contributed by atoms with Crippen LogP contribution in [0.3, 0.4) is 0 Å². The summed E-state index contributed by atoms with van der Waals surface area (Å²) in [5.41, 5.74) is 1.91. The first-order valence-electron chi connectivity index (χ1n) is 8.29. The van der Waals surface area contributed by atoms with Crippen molar-refractivity contribution in [1.82, 2.24) is 10.3 Å². The fraction of sp³-hybridized carbons (Fsp3) is 0.368. The number of rotatable bonds is 5. The number of benzene rings is 1. The van der Waals surface area contributed by atoms with E-state index in [0.29, 0.717) is 12.1 Å². The molecule has 23 heavy (non-hydrogen) atoms. The van der Waals surface area contributed by atoms with Crippen molar-refractivity contribution in [2.45, 2.75) is 25.7 Å². The Morgan fingerprint density at radius 2 is 1.91 bits per heavy atom. The molecule has 0 radical (unpaired) electrons. The van der Waals surface area contributed by atoms with Gasteiger partial charge in [0.25, 0.3) is 5.91 Å². The molecule has 1 saturated heterocycles. The lowest BCUT2D eigenvalue weighted by atomic mass is 10.0. The first-order chi connectivity index (χ1) is 11.3. The van der Waals surface area contributed by atoms with Gasteiger partial charge in [-0.3, -0.25) is 4.79 Å². The predicted molar refractivity (Wildman–Crippen MR) is 92.9 cm³/mol. The summed E-state index contributed by atoms with van der Waals surface area (Å²) >= 11 is 0. The largest absolute Gasteiger partial charge is 0.356 e. The Bertz CT molecular complexity index is 651. The fourth-order valence-corrected chi connectivity index (χ4v) is 3.00. The summed E-state index contributed by atoms with van der Waals surface area (Å²) in [6.07, 6.45) is 4.10. The van der Waals surface area contributed by atoms with E-state index < -0.39 is 0 Å². The van der Waals surface area contributed by atoms with E-state index >= 15 is 0 Å². The number of hydrogen-bond acceptors (Lipinski definition) is 3. The van der Waals surface area contributed by atoms with Crippen LogP contribution >= 0.6 is 0 Å². The van der Waals surface area contributed by atoms with Gasteiger partial charge in [0, 0.05) is 25.8 Å². The maximum atomic E-state index is 12.6. The van der Waals surface area contributed by atoms with E-state index in [1.165, 1.54) is 18.4 Å². The second-order valence-electron chi connectivity index (χ2n) is 6.09. The second-order valence-corrected chi connectivity index (χ2v) is 6.09. The Hall–Kier alpha value is -2.36. The van der Waals surface area contributed by atoms with Gasteiger partial charge in [-0.1, -0.05) is 37.3 Å². The third-order valence-corrected chi connectivity index (χ3v) is 4.37. The van der Waals surface area contributed by atoms with Crippen LogP contribution in [-0.2, 0) is 0 Å². The molecule has 1 N–H and O–H groups in total. The molecule has 3 rings (SSSR count). The number of carbonyl (C=O) groups excluding carboxylic acids is 1. The summed E-state index contributed by atoms with van der Waals surface area (Å²) in [5, 5.41) is 3.06. The third kappa shape index (κ3) is 3.70. The average Bonchev–Trinajstić information content (AvgIpc) is 3.14. The van der Waals surface area contributed by atoms with Crippen LogP contribution in [0.25, 0.3) is 0 Å². The summed E-state index contributed by atoms with van der Waals surface area (Å²) in [6.45, 7) is 4.72. The van der Waals surface area contributed by atoms with Gasteiger partial charge in [-0.05, 0) is 36.5 Å². The highest BCUT2D eigenvalue weighted by molar-refractivity contribution is 5.98. The quantitative estimate of drug-likeness (QED) is 0.922. The first kappa shape index (κ1) is 15.5. The van der Waals surface area contributed by atoms with E-state index in [1.54, 1.807) is 6.20 Å². The van der Waals surface area contributed by atoms with E-state index in [4.69, 9.17) is 0 Å². The Kier molecular flexibility index (Phi) is 4.91. The summed E-state index contributed by atoms with van der Waals surface area (Å²) in [7, 11) is 0. The minimum Gasteiger partial charge on any atom is -0.356 e. The van der Waals surface area contributed by atoms with Crippen molar-refractivity contribution in [2.24, 2.45) is 0 Å².